The number of esters is 1. The molecule has 1 aromatic heterocycles. The van der Waals surface area contributed by atoms with Crippen LogP contribution in [0.3, 0.4) is 0 Å². The highest BCUT2D eigenvalue weighted by Crippen LogP contribution is 2.36. The van der Waals surface area contributed by atoms with Gasteiger partial charge in [-0.25, -0.2) is 23.4 Å². The summed E-state index contributed by atoms with van der Waals surface area (Å²) in [5.74, 6) is -1.17. The number of rotatable bonds is 11. The number of anilines is 1. The maximum Gasteiger partial charge on any atom is 0.415 e. The largest absolute Gasteiger partial charge is 0.493 e. The number of hydrogen-bond acceptors (Lipinski definition) is 7. The van der Waals surface area contributed by atoms with Crippen molar-refractivity contribution in [2.75, 3.05) is 38.8 Å². The van der Waals surface area contributed by atoms with Gasteiger partial charge in [0.15, 0.2) is 23.9 Å². The van der Waals surface area contributed by atoms with Gasteiger partial charge < -0.3 is 18.9 Å². The smallest absolute Gasteiger partial charge is 0.415 e. The molecule has 0 spiro atoms. The van der Waals surface area contributed by atoms with Crippen molar-refractivity contribution < 1.29 is 42.3 Å². The summed E-state index contributed by atoms with van der Waals surface area (Å²) < 4.78 is 53.1. The van der Waals surface area contributed by atoms with Crippen molar-refractivity contribution in [2.24, 2.45) is 5.92 Å². The molecule has 0 saturated carbocycles. The fraction of sp³-hybridized carbons (Fsp3) is 0.324. The third-order valence-electron chi connectivity index (χ3n) is 9.16. The molecule has 1 amide bonds. The van der Waals surface area contributed by atoms with Crippen LogP contribution in [-0.4, -0.2) is 56.9 Å². The van der Waals surface area contributed by atoms with Crippen LogP contribution >= 0.6 is 23.2 Å². The number of benzene rings is 3. The second-order valence-corrected chi connectivity index (χ2v) is 13.1. The van der Waals surface area contributed by atoms with Crippen molar-refractivity contribution in [3.8, 4) is 11.5 Å². The molecule has 3 fully saturated rings. The fourth-order valence-electron chi connectivity index (χ4n) is 6.53. The Kier molecular flexibility index (Phi) is 11.1. The average molecular weight is 728 g/mol. The molecule has 9 nitrogen and oxygen atoms in total. The molecule has 0 aliphatic carbocycles. The molecule has 2 atom stereocenters. The molecule has 0 radical (unpaired) electrons. The molecule has 3 saturated heterocycles. The number of para-hydroxylation sites is 1. The lowest BCUT2D eigenvalue weighted by Crippen LogP contribution is -2.53. The van der Waals surface area contributed by atoms with Gasteiger partial charge in [0.2, 0.25) is 0 Å². The normalized spacial score (nSPS) is 18.6. The Morgan fingerprint density at radius 1 is 0.960 bits per heavy atom. The molecule has 4 heterocycles. The zero-order chi connectivity index (χ0) is 35.4. The molecule has 262 valence electrons. The minimum atomic E-state index is -0.946. The molecule has 2 bridgehead atoms. The molecule has 13 heteroatoms. The topological polar surface area (TPSA) is 91.7 Å². The van der Waals surface area contributed by atoms with Gasteiger partial charge in [-0.2, -0.15) is 0 Å². The molecule has 0 unspecified atom stereocenters. The monoisotopic (exact) mass is 726 g/mol. The second kappa shape index (κ2) is 15.6. The van der Waals surface area contributed by atoms with E-state index in [1.165, 1.54) is 44.6 Å². The Morgan fingerprint density at radius 3 is 2.34 bits per heavy atom. The first-order chi connectivity index (χ1) is 24.1. The molecule has 50 heavy (non-hydrogen) atoms. The van der Waals surface area contributed by atoms with E-state index in [9.17, 15) is 9.59 Å². The average Bonchev–Trinajstić information content (AvgIpc) is 3.12. The van der Waals surface area contributed by atoms with Crippen molar-refractivity contribution in [1.29, 1.82) is 0 Å². The van der Waals surface area contributed by atoms with Crippen LogP contribution in [0.15, 0.2) is 73.1 Å². The Morgan fingerprint density at radius 2 is 1.68 bits per heavy atom. The molecule has 4 aromatic rings. The summed E-state index contributed by atoms with van der Waals surface area (Å²) in [4.78, 5) is 33.6. The highest BCUT2D eigenvalue weighted by atomic mass is 35.5. The maximum atomic E-state index is 15.2. The lowest BCUT2D eigenvalue weighted by molar-refractivity contribution is -0.377. The number of pyridine rings is 1. The summed E-state index contributed by atoms with van der Waals surface area (Å²) in [6, 6.07) is 14.5. The summed E-state index contributed by atoms with van der Waals surface area (Å²) in [6.45, 7) is 2.24. The van der Waals surface area contributed by atoms with Gasteiger partial charge in [-0.1, -0.05) is 41.4 Å². The zero-order valence-corrected chi connectivity index (χ0v) is 29.0. The maximum absolute atomic E-state index is 15.2. The fourth-order valence-corrected chi connectivity index (χ4v) is 7.07. The molecule has 3 aliphatic heterocycles. The Labute approximate surface area is 298 Å². The summed E-state index contributed by atoms with van der Waals surface area (Å²) in [5, 5.41) is 0.649. The van der Waals surface area contributed by atoms with Crippen molar-refractivity contribution >= 4 is 41.0 Å². The molecule has 3 aliphatic rings. The van der Waals surface area contributed by atoms with Crippen LogP contribution in [0.1, 0.15) is 46.0 Å². The number of aromatic nitrogens is 1. The standard InChI is InChI=1S/C37H35Cl2F2N3O6/c1-47-32-8-7-24(16-34(32)48-2)33(17-27-28(38)18-42-19-29(27)39)49-36(45)25-13-22(14-26(40)15-25)20-44(31-6-4-3-5-30(31)41)37(46)50-35-21-43-11-9-23(35)10-12-43/h3-8,13-16,18-19,23,33,35H,9-12,17,20-21H2,1-2H3/p+1/t33-,35-/m0/s1. The SMILES string of the molecule is COc1ccc([C@H](Cc2c(Cl)c[nH+]cc2Cl)OC(=O)c2cc(F)cc(CN(C(=O)O[C@H]3CN4CCC3CC4)c3ccccc3F)c2)cc1OC. The van der Waals surface area contributed by atoms with Gasteiger partial charge in [-0.15, -0.1) is 0 Å². The quantitative estimate of drug-likeness (QED) is 0.148. The second-order valence-electron chi connectivity index (χ2n) is 12.3. The van der Waals surface area contributed by atoms with Crippen molar-refractivity contribution in [2.45, 2.75) is 38.0 Å². The van der Waals surface area contributed by atoms with Crippen molar-refractivity contribution in [3.63, 3.8) is 0 Å². The van der Waals surface area contributed by atoms with E-state index in [4.69, 9.17) is 42.1 Å². The number of nitrogens with zero attached hydrogens (tertiary/aromatic N) is 2. The number of amides is 1. The summed E-state index contributed by atoms with van der Waals surface area (Å²) >= 11 is 12.9. The highest BCUT2D eigenvalue weighted by Gasteiger charge is 2.38. The van der Waals surface area contributed by atoms with Crippen LogP contribution in [0, 0.1) is 17.6 Å². The number of hydrogen-bond donors (Lipinski definition) is 0. The van der Waals surface area contributed by atoms with Crippen molar-refractivity contribution in [1.82, 2.24) is 4.90 Å². The molecule has 1 N–H and O–H groups in total. The Balaban J connectivity index is 1.28. The van der Waals surface area contributed by atoms with Crippen LogP contribution in [0.4, 0.5) is 19.3 Å². The van der Waals surface area contributed by atoms with Crippen molar-refractivity contribution in [3.05, 3.63) is 117 Å². The van der Waals surface area contributed by atoms with Gasteiger partial charge in [0, 0.05) is 18.5 Å². The minimum Gasteiger partial charge on any atom is -0.493 e. The van der Waals surface area contributed by atoms with Gasteiger partial charge in [0.05, 0.1) is 32.0 Å². The molecule has 7 rings (SSSR count). The minimum absolute atomic E-state index is 0.0328. The van der Waals surface area contributed by atoms with Gasteiger partial charge >= 0.3 is 12.1 Å². The zero-order valence-electron chi connectivity index (χ0n) is 27.5. The lowest BCUT2D eigenvalue weighted by Gasteiger charge is -2.44. The third kappa shape index (κ3) is 7.96. The predicted molar refractivity (Wildman–Crippen MR) is 183 cm³/mol. The summed E-state index contributed by atoms with van der Waals surface area (Å²) in [6.07, 6.45) is 2.97. The Hall–Kier alpha value is -4.45. The van der Waals surface area contributed by atoms with E-state index in [-0.39, 0.29) is 41.8 Å². The first kappa shape index (κ1) is 35.4. The summed E-state index contributed by atoms with van der Waals surface area (Å²) in [5.41, 5.74) is 1.12. The lowest BCUT2D eigenvalue weighted by atomic mass is 9.86. The van der Waals surface area contributed by atoms with Crippen LogP contribution < -0.4 is 19.4 Å². The number of carbonyl (C=O) groups is 2. The van der Waals surface area contributed by atoms with E-state index in [2.05, 4.69) is 9.88 Å². The van der Waals surface area contributed by atoms with Gasteiger partial charge in [0.25, 0.3) is 0 Å². The van der Waals surface area contributed by atoms with E-state index in [1.807, 2.05) is 0 Å². The number of H-pyrrole nitrogens is 1. The molecular formula is C37H36Cl2F2N3O6+. The highest BCUT2D eigenvalue weighted by molar-refractivity contribution is 6.35. The predicted octanol–water partition coefficient (Wildman–Crippen LogP) is 7.48. The van der Waals surface area contributed by atoms with Crippen LogP contribution in [0.2, 0.25) is 10.0 Å². The molecular weight excluding hydrogens is 691 g/mol. The number of nitrogens with one attached hydrogen (secondary N) is 1. The van der Waals surface area contributed by atoms with E-state index in [0.717, 1.165) is 36.9 Å². The van der Waals surface area contributed by atoms with Gasteiger partial charge in [-0.3, -0.25) is 9.80 Å². The van der Waals surface area contributed by atoms with E-state index < -0.39 is 29.8 Å². The number of methoxy groups -OCH3 is 2. The van der Waals surface area contributed by atoms with Gasteiger partial charge in [0.1, 0.15) is 33.9 Å². The Bertz CT molecular complexity index is 1850. The molecule has 3 aromatic carbocycles. The number of fused-ring (bicyclic) bond motifs is 3. The van der Waals surface area contributed by atoms with E-state index >= 15 is 8.78 Å². The van der Waals surface area contributed by atoms with Crippen LogP contribution in [0.5, 0.6) is 11.5 Å². The third-order valence-corrected chi connectivity index (χ3v) is 9.84. The first-order valence-electron chi connectivity index (χ1n) is 16.1. The van der Waals surface area contributed by atoms with E-state index in [1.54, 1.807) is 36.7 Å². The number of aromatic amines is 1. The van der Waals surface area contributed by atoms with E-state index in [0.29, 0.717) is 39.2 Å². The summed E-state index contributed by atoms with van der Waals surface area (Å²) in [7, 11) is 2.98. The van der Waals surface area contributed by atoms with Gasteiger partial charge in [-0.05, 0) is 85.4 Å². The first-order valence-corrected chi connectivity index (χ1v) is 16.9. The number of halogens is 4. The number of carbonyl (C=O) groups excluding carboxylic acids is 2. The number of ether oxygens (including phenoxy) is 4. The number of piperidine rings is 3. The van der Waals surface area contributed by atoms with Crippen LogP contribution in [0.25, 0.3) is 0 Å². The van der Waals surface area contributed by atoms with Crippen LogP contribution in [-0.2, 0) is 22.4 Å².